The van der Waals surface area contributed by atoms with Crippen LogP contribution >= 0.6 is 0 Å². The van der Waals surface area contributed by atoms with E-state index in [1.807, 2.05) is 35.2 Å². The molecule has 0 spiro atoms. The van der Waals surface area contributed by atoms with Gasteiger partial charge < -0.3 is 4.90 Å². The highest BCUT2D eigenvalue weighted by Crippen LogP contribution is 2.29. The molecule has 154 valence electrons. The molecule has 0 bridgehead atoms. The van der Waals surface area contributed by atoms with Crippen LogP contribution in [0.3, 0.4) is 0 Å². The molecule has 1 aliphatic rings. The molecule has 1 fully saturated rings. The van der Waals surface area contributed by atoms with Gasteiger partial charge >= 0.3 is 0 Å². The van der Waals surface area contributed by atoms with E-state index >= 15 is 0 Å². The Morgan fingerprint density at radius 3 is 1.87 bits per heavy atom. The highest BCUT2D eigenvalue weighted by Gasteiger charge is 2.27. The molecule has 1 saturated heterocycles. The highest BCUT2D eigenvalue weighted by molar-refractivity contribution is 5.91. The predicted molar refractivity (Wildman–Crippen MR) is 123 cm³/mol. The lowest BCUT2D eigenvalue weighted by Crippen LogP contribution is -2.49. The first-order chi connectivity index (χ1) is 15.2. The van der Waals surface area contributed by atoms with E-state index in [0.717, 1.165) is 18.7 Å². The summed E-state index contributed by atoms with van der Waals surface area (Å²) in [6, 6.07) is 30.6. The Balaban J connectivity index is 1.42. The normalized spacial score (nSPS) is 14.6. The number of piperazine rings is 1. The van der Waals surface area contributed by atoms with Crippen molar-refractivity contribution in [3.05, 3.63) is 113 Å². The van der Waals surface area contributed by atoms with Crippen molar-refractivity contribution in [3.63, 3.8) is 0 Å². The van der Waals surface area contributed by atoms with Crippen LogP contribution in [0, 0.1) is 11.3 Å². The van der Waals surface area contributed by atoms with Gasteiger partial charge in [0.05, 0.1) is 17.7 Å². The van der Waals surface area contributed by atoms with Crippen LogP contribution in [0.2, 0.25) is 0 Å². The predicted octanol–water partition coefficient (Wildman–Crippen LogP) is 4.51. The van der Waals surface area contributed by atoms with Gasteiger partial charge in [-0.25, -0.2) is 0 Å². The molecule has 0 aromatic heterocycles. The van der Waals surface area contributed by atoms with Crippen molar-refractivity contribution in [2.45, 2.75) is 6.04 Å². The fourth-order valence-electron chi connectivity index (χ4n) is 4.03. The molecule has 1 amide bonds. The summed E-state index contributed by atoms with van der Waals surface area (Å²) in [7, 11) is 0. The lowest BCUT2D eigenvalue weighted by atomic mass is 9.96. The Bertz CT molecular complexity index is 1020. The van der Waals surface area contributed by atoms with E-state index in [0.29, 0.717) is 18.7 Å². The minimum Gasteiger partial charge on any atom is -0.337 e. The van der Waals surface area contributed by atoms with Gasteiger partial charge in [0.2, 0.25) is 5.91 Å². The van der Waals surface area contributed by atoms with Gasteiger partial charge in [0, 0.05) is 32.3 Å². The van der Waals surface area contributed by atoms with Crippen molar-refractivity contribution >= 4 is 12.0 Å². The number of carbonyl (C=O) groups is 1. The summed E-state index contributed by atoms with van der Waals surface area (Å²) < 4.78 is 0. The third-order valence-electron chi connectivity index (χ3n) is 5.68. The molecule has 0 atom stereocenters. The van der Waals surface area contributed by atoms with Crippen LogP contribution in [0.4, 0.5) is 0 Å². The second-order valence-corrected chi connectivity index (χ2v) is 7.65. The van der Waals surface area contributed by atoms with Crippen molar-refractivity contribution in [3.8, 4) is 6.07 Å². The first kappa shape index (κ1) is 20.6. The van der Waals surface area contributed by atoms with E-state index in [2.05, 4.69) is 59.5 Å². The number of hydrogen-bond acceptors (Lipinski definition) is 3. The molecular weight excluding hydrogens is 382 g/mol. The second kappa shape index (κ2) is 9.88. The Kier molecular flexibility index (Phi) is 6.56. The lowest BCUT2D eigenvalue weighted by Gasteiger charge is -2.39. The van der Waals surface area contributed by atoms with Gasteiger partial charge in [0.25, 0.3) is 0 Å². The monoisotopic (exact) mass is 407 g/mol. The molecule has 4 nitrogen and oxygen atoms in total. The molecular formula is C27H25N3O. The van der Waals surface area contributed by atoms with Crippen LogP contribution in [-0.4, -0.2) is 41.9 Å². The number of carbonyl (C=O) groups excluding carboxylic acids is 1. The molecule has 1 aliphatic heterocycles. The average Bonchev–Trinajstić information content (AvgIpc) is 2.85. The Hall–Kier alpha value is -3.68. The van der Waals surface area contributed by atoms with Gasteiger partial charge in [-0.05, 0) is 34.9 Å². The zero-order valence-corrected chi connectivity index (χ0v) is 17.4. The minimum absolute atomic E-state index is 0.0278. The van der Waals surface area contributed by atoms with Crippen molar-refractivity contribution in [2.75, 3.05) is 26.2 Å². The van der Waals surface area contributed by atoms with Gasteiger partial charge in [-0.1, -0.05) is 72.8 Å². The number of amides is 1. The van der Waals surface area contributed by atoms with E-state index in [9.17, 15) is 4.79 Å². The summed E-state index contributed by atoms with van der Waals surface area (Å²) in [4.78, 5) is 17.0. The minimum atomic E-state index is 0.0278. The fourth-order valence-corrected chi connectivity index (χ4v) is 4.03. The molecule has 1 heterocycles. The van der Waals surface area contributed by atoms with Crippen LogP contribution in [-0.2, 0) is 4.79 Å². The molecule has 0 radical (unpaired) electrons. The maximum atomic E-state index is 12.7. The van der Waals surface area contributed by atoms with Gasteiger partial charge in [-0.2, -0.15) is 5.26 Å². The highest BCUT2D eigenvalue weighted by atomic mass is 16.2. The van der Waals surface area contributed by atoms with E-state index in [1.54, 1.807) is 18.2 Å². The third kappa shape index (κ3) is 5.09. The summed E-state index contributed by atoms with van der Waals surface area (Å²) in [6.07, 6.45) is 3.44. The number of hydrogen-bond donors (Lipinski definition) is 0. The molecule has 0 N–H and O–H groups in total. The Labute approximate surface area is 183 Å². The van der Waals surface area contributed by atoms with Crippen molar-refractivity contribution in [1.82, 2.24) is 9.80 Å². The summed E-state index contributed by atoms with van der Waals surface area (Å²) >= 11 is 0. The average molecular weight is 408 g/mol. The number of nitrogens with zero attached hydrogens (tertiary/aromatic N) is 3. The number of rotatable bonds is 5. The van der Waals surface area contributed by atoms with Crippen LogP contribution in [0.15, 0.2) is 91.0 Å². The smallest absolute Gasteiger partial charge is 0.246 e. The SMILES string of the molecule is N#Cc1ccc(/C=C/C(=O)N2CCN(C(c3ccccc3)c3ccccc3)CC2)cc1. The lowest BCUT2D eigenvalue weighted by molar-refractivity contribution is -0.127. The van der Waals surface area contributed by atoms with Crippen molar-refractivity contribution in [1.29, 1.82) is 5.26 Å². The number of nitriles is 1. The molecule has 31 heavy (non-hydrogen) atoms. The first-order valence-electron chi connectivity index (χ1n) is 10.6. The van der Waals surface area contributed by atoms with E-state index in [1.165, 1.54) is 11.1 Å². The Morgan fingerprint density at radius 2 is 1.35 bits per heavy atom. The molecule has 0 unspecified atom stereocenters. The summed E-state index contributed by atoms with van der Waals surface area (Å²) in [5.74, 6) is 0.0278. The molecule has 0 saturated carbocycles. The molecule has 3 aromatic carbocycles. The summed E-state index contributed by atoms with van der Waals surface area (Å²) in [5, 5.41) is 8.89. The van der Waals surface area contributed by atoms with Crippen LogP contribution in [0.5, 0.6) is 0 Å². The first-order valence-corrected chi connectivity index (χ1v) is 10.6. The van der Waals surface area contributed by atoms with Crippen molar-refractivity contribution < 1.29 is 4.79 Å². The third-order valence-corrected chi connectivity index (χ3v) is 5.68. The summed E-state index contributed by atoms with van der Waals surface area (Å²) in [5.41, 5.74) is 4.08. The quantitative estimate of drug-likeness (QED) is 0.585. The largest absolute Gasteiger partial charge is 0.337 e. The van der Waals surface area contributed by atoms with E-state index < -0.39 is 0 Å². The van der Waals surface area contributed by atoms with E-state index in [-0.39, 0.29) is 11.9 Å². The zero-order valence-electron chi connectivity index (χ0n) is 17.4. The molecule has 0 aliphatic carbocycles. The van der Waals surface area contributed by atoms with Gasteiger partial charge in [0.1, 0.15) is 0 Å². The maximum Gasteiger partial charge on any atom is 0.246 e. The van der Waals surface area contributed by atoms with Crippen LogP contribution < -0.4 is 0 Å². The zero-order chi connectivity index (χ0) is 21.5. The fraction of sp³-hybridized carbons (Fsp3) is 0.185. The van der Waals surface area contributed by atoms with Gasteiger partial charge in [-0.15, -0.1) is 0 Å². The van der Waals surface area contributed by atoms with Crippen LogP contribution in [0.1, 0.15) is 28.3 Å². The van der Waals surface area contributed by atoms with Gasteiger partial charge in [-0.3, -0.25) is 9.69 Å². The summed E-state index contributed by atoms with van der Waals surface area (Å²) in [6.45, 7) is 3.05. The van der Waals surface area contributed by atoms with Crippen molar-refractivity contribution in [2.24, 2.45) is 0 Å². The molecule has 4 heteroatoms. The topological polar surface area (TPSA) is 47.3 Å². The molecule has 3 aromatic rings. The van der Waals surface area contributed by atoms with Crippen LogP contribution in [0.25, 0.3) is 6.08 Å². The molecule has 4 rings (SSSR count). The second-order valence-electron chi connectivity index (χ2n) is 7.65. The number of benzene rings is 3. The maximum absolute atomic E-state index is 12.7. The Morgan fingerprint density at radius 1 is 0.806 bits per heavy atom. The van der Waals surface area contributed by atoms with E-state index in [4.69, 9.17) is 5.26 Å². The standard InChI is InChI=1S/C27H25N3O/c28-21-23-13-11-22(12-14-23)15-16-26(31)29-17-19-30(20-18-29)27(24-7-3-1-4-8-24)25-9-5-2-6-10-25/h1-16,27H,17-20H2/b16-15+. The van der Waals surface area contributed by atoms with Gasteiger partial charge in [0.15, 0.2) is 0 Å².